The Kier molecular flexibility index (Phi) is 21.6. The van der Waals surface area contributed by atoms with Crippen LogP contribution in [-0.2, 0) is 9.59 Å². The van der Waals surface area contributed by atoms with Crippen molar-refractivity contribution in [3.8, 4) is 0 Å². The van der Waals surface area contributed by atoms with Crippen molar-refractivity contribution in [3.63, 3.8) is 0 Å². The van der Waals surface area contributed by atoms with Crippen molar-refractivity contribution in [2.24, 2.45) is 22.9 Å². The fraction of sp³-hybridized carbons (Fsp3) is 0.857. The van der Waals surface area contributed by atoms with Crippen molar-refractivity contribution < 1.29 is 9.59 Å². The lowest BCUT2D eigenvalue weighted by Gasteiger charge is -2.06. The van der Waals surface area contributed by atoms with Crippen molar-refractivity contribution in [2.75, 3.05) is 52.4 Å². The molecule has 11 N–H and O–H groups in total. The second kappa shape index (κ2) is 20.7. The monoisotopic (exact) mass is 333 g/mol. The van der Waals surface area contributed by atoms with Crippen LogP contribution in [0.2, 0.25) is 0 Å². The highest BCUT2D eigenvalue weighted by atomic mass is 16.1. The summed E-state index contributed by atoms with van der Waals surface area (Å²) < 4.78 is 0. The molecule has 0 aromatic carbocycles. The maximum atomic E-state index is 10.2. The molecule has 0 fully saturated rings. The van der Waals surface area contributed by atoms with E-state index in [9.17, 15) is 9.59 Å². The van der Waals surface area contributed by atoms with Gasteiger partial charge >= 0.3 is 0 Å². The highest BCUT2D eigenvalue weighted by Gasteiger charge is 1.96. The molecule has 0 aliphatic carbocycles. The van der Waals surface area contributed by atoms with Gasteiger partial charge in [0.15, 0.2) is 0 Å². The van der Waals surface area contributed by atoms with Crippen molar-refractivity contribution in [1.82, 2.24) is 16.0 Å². The highest BCUT2D eigenvalue weighted by Crippen LogP contribution is 1.97. The van der Waals surface area contributed by atoms with Gasteiger partial charge in [0.25, 0.3) is 0 Å². The summed E-state index contributed by atoms with van der Waals surface area (Å²) in [4.78, 5) is 20.3. The van der Waals surface area contributed by atoms with E-state index >= 15 is 0 Å². The number of carbonyl (C=O) groups is 2. The second-order valence-electron chi connectivity index (χ2n) is 4.97. The minimum absolute atomic E-state index is 0.329. The molecular formula is C14H35N7O2. The summed E-state index contributed by atoms with van der Waals surface area (Å²) in [7, 11) is 0. The Hall–Kier alpha value is -1.26. The lowest BCUT2D eigenvalue weighted by Crippen LogP contribution is -2.35. The lowest BCUT2D eigenvalue weighted by atomic mass is 10.2. The summed E-state index contributed by atoms with van der Waals surface area (Å²) in [5, 5.41) is 9.71. The summed E-state index contributed by atoms with van der Waals surface area (Å²) in [5.41, 5.74) is 20.3. The van der Waals surface area contributed by atoms with E-state index in [4.69, 9.17) is 22.9 Å². The molecule has 0 unspecified atom stereocenters. The summed E-state index contributed by atoms with van der Waals surface area (Å²) in [6, 6.07) is 0. The molecule has 0 radical (unpaired) electrons. The predicted molar refractivity (Wildman–Crippen MR) is 93.6 cm³/mol. The van der Waals surface area contributed by atoms with Crippen LogP contribution in [0.25, 0.3) is 0 Å². The number of carbonyl (C=O) groups excluding carboxylic acids is 2. The zero-order chi connectivity index (χ0) is 17.8. The van der Waals surface area contributed by atoms with Crippen LogP contribution < -0.4 is 38.9 Å². The van der Waals surface area contributed by atoms with Crippen LogP contribution in [0.4, 0.5) is 0 Å². The van der Waals surface area contributed by atoms with Gasteiger partial charge < -0.3 is 38.9 Å². The molecule has 0 atom stereocenters. The number of hydrogen-bond acceptors (Lipinski definition) is 7. The van der Waals surface area contributed by atoms with Gasteiger partial charge in [-0.1, -0.05) is 0 Å². The fourth-order valence-electron chi connectivity index (χ4n) is 1.53. The van der Waals surface area contributed by atoms with Gasteiger partial charge in [0.2, 0.25) is 11.8 Å². The molecule has 9 heteroatoms. The first-order valence-electron chi connectivity index (χ1n) is 8.13. The maximum absolute atomic E-state index is 10.2. The van der Waals surface area contributed by atoms with E-state index in [0.717, 1.165) is 39.3 Å². The number of amides is 2. The third kappa shape index (κ3) is 29.4. The van der Waals surface area contributed by atoms with Crippen LogP contribution in [0.1, 0.15) is 25.7 Å². The molecule has 2 amide bonds. The Morgan fingerprint density at radius 3 is 1.17 bits per heavy atom. The molecule has 23 heavy (non-hydrogen) atoms. The van der Waals surface area contributed by atoms with Gasteiger partial charge in [-0.25, -0.2) is 0 Å². The molecule has 0 aromatic rings. The molecule has 0 spiro atoms. The van der Waals surface area contributed by atoms with Crippen LogP contribution in [-0.4, -0.2) is 64.2 Å². The fourth-order valence-corrected chi connectivity index (χ4v) is 1.53. The Bertz CT molecular complexity index is 252. The van der Waals surface area contributed by atoms with Gasteiger partial charge in [-0.2, -0.15) is 0 Å². The van der Waals surface area contributed by atoms with E-state index in [1.54, 1.807) is 0 Å². The van der Waals surface area contributed by atoms with E-state index in [1.165, 1.54) is 0 Å². The molecule has 138 valence electrons. The molecule has 0 heterocycles. The van der Waals surface area contributed by atoms with Gasteiger partial charge in [0.05, 0.1) is 0 Å². The number of nitrogens with one attached hydrogen (secondary N) is 3. The SMILES string of the molecule is NC(=O)CCCCC(N)=O.NCCNCCNCCNCCN. The minimum Gasteiger partial charge on any atom is -0.370 e. The summed E-state index contributed by atoms with van der Waals surface area (Å²) in [5.74, 6) is -0.658. The zero-order valence-corrected chi connectivity index (χ0v) is 14.1. The number of hydrogen-bond donors (Lipinski definition) is 7. The molecule has 0 aliphatic heterocycles. The van der Waals surface area contributed by atoms with Gasteiger partial charge in [-0.3, -0.25) is 9.59 Å². The summed E-state index contributed by atoms with van der Waals surface area (Å²) in [6.07, 6.45) is 1.98. The van der Waals surface area contributed by atoms with E-state index in [-0.39, 0.29) is 11.8 Å². The van der Waals surface area contributed by atoms with Gasteiger partial charge in [-0.05, 0) is 12.8 Å². The molecule has 9 nitrogen and oxygen atoms in total. The molecule has 0 bridgehead atoms. The smallest absolute Gasteiger partial charge is 0.217 e. The first kappa shape index (κ1) is 24.0. The maximum Gasteiger partial charge on any atom is 0.217 e. The zero-order valence-electron chi connectivity index (χ0n) is 14.1. The summed E-state index contributed by atoms with van der Waals surface area (Å²) in [6.45, 7) is 7.15. The Morgan fingerprint density at radius 2 is 0.913 bits per heavy atom. The van der Waals surface area contributed by atoms with E-state index in [1.807, 2.05) is 0 Å². The first-order chi connectivity index (χ1) is 11.0. The van der Waals surface area contributed by atoms with Crippen LogP contribution in [0, 0.1) is 0 Å². The highest BCUT2D eigenvalue weighted by molar-refractivity contribution is 5.74. The Labute approximate surface area is 139 Å². The Morgan fingerprint density at radius 1 is 0.609 bits per heavy atom. The van der Waals surface area contributed by atoms with Crippen molar-refractivity contribution >= 4 is 11.8 Å². The van der Waals surface area contributed by atoms with Crippen molar-refractivity contribution in [1.29, 1.82) is 0 Å². The molecule has 0 aromatic heterocycles. The Balaban J connectivity index is 0. The number of rotatable bonds is 15. The van der Waals surface area contributed by atoms with Crippen LogP contribution in [0.5, 0.6) is 0 Å². The molecular weight excluding hydrogens is 298 g/mol. The van der Waals surface area contributed by atoms with Crippen LogP contribution in [0.3, 0.4) is 0 Å². The molecule has 0 saturated heterocycles. The molecule has 0 rings (SSSR count). The number of primary amides is 2. The minimum atomic E-state index is -0.329. The largest absolute Gasteiger partial charge is 0.370 e. The standard InChI is InChI=1S/C8H23N5.C6H12N2O2/c9-1-3-11-5-7-13-8-6-12-4-2-10;7-5(9)3-1-2-4-6(8)10/h11-13H,1-10H2;1-4H2,(H2,7,9)(H2,8,10). The van der Waals surface area contributed by atoms with Crippen LogP contribution in [0.15, 0.2) is 0 Å². The van der Waals surface area contributed by atoms with Gasteiger partial charge in [0.1, 0.15) is 0 Å². The quantitative estimate of drug-likeness (QED) is 0.158. The molecule has 0 saturated carbocycles. The normalized spacial score (nSPS) is 10.0. The average molecular weight is 333 g/mol. The van der Waals surface area contributed by atoms with Gasteiger partial charge in [0, 0.05) is 65.2 Å². The first-order valence-corrected chi connectivity index (χ1v) is 8.13. The topological polar surface area (TPSA) is 174 Å². The second-order valence-corrected chi connectivity index (χ2v) is 4.97. The number of nitrogens with two attached hydrogens (primary N) is 4. The van der Waals surface area contributed by atoms with E-state index < -0.39 is 0 Å². The van der Waals surface area contributed by atoms with Crippen LogP contribution >= 0.6 is 0 Å². The third-order valence-corrected chi connectivity index (χ3v) is 2.70. The number of unbranched alkanes of at least 4 members (excludes halogenated alkanes) is 1. The third-order valence-electron chi connectivity index (χ3n) is 2.70. The summed E-state index contributed by atoms with van der Waals surface area (Å²) >= 11 is 0. The average Bonchev–Trinajstić information content (AvgIpc) is 2.50. The lowest BCUT2D eigenvalue weighted by molar-refractivity contribution is -0.119. The van der Waals surface area contributed by atoms with E-state index in [2.05, 4.69) is 16.0 Å². The molecule has 0 aliphatic rings. The predicted octanol–water partition coefficient (Wildman–Crippen LogP) is -2.81. The van der Waals surface area contributed by atoms with E-state index in [0.29, 0.717) is 38.8 Å². The van der Waals surface area contributed by atoms with Crippen molar-refractivity contribution in [3.05, 3.63) is 0 Å². The van der Waals surface area contributed by atoms with Gasteiger partial charge in [-0.15, -0.1) is 0 Å². The van der Waals surface area contributed by atoms with Crippen molar-refractivity contribution in [2.45, 2.75) is 25.7 Å².